The number of nitrogens with one attached hydrogen (secondary N) is 1. The van der Waals surface area contributed by atoms with Gasteiger partial charge in [-0.3, -0.25) is 4.79 Å². The molecule has 1 atom stereocenters. The van der Waals surface area contributed by atoms with Gasteiger partial charge in [0.2, 0.25) is 5.95 Å². The molecular weight excluding hydrogens is 266 g/mol. The number of nitrogens with zero attached hydrogens (tertiary/aromatic N) is 2. The molecular formula is C16H17N3O2. The van der Waals surface area contributed by atoms with Gasteiger partial charge in [-0.25, -0.2) is 9.97 Å². The first-order chi connectivity index (χ1) is 10.2. The standard InChI is InChI=1S/C16H17N3O2/c1-10-7-13-11(14(20)8-10)9-17-16(19-13)18-12-5-3-4-6-15(12)21-2/h3-6,9-10H,7-8H2,1-2H3,(H,17,18,19)/t10-/m1/s1. The minimum absolute atomic E-state index is 0.132. The van der Waals surface area contributed by atoms with Gasteiger partial charge in [0.15, 0.2) is 5.78 Å². The van der Waals surface area contributed by atoms with E-state index in [9.17, 15) is 4.79 Å². The molecule has 0 spiro atoms. The normalized spacial score (nSPS) is 17.2. The topological polar surface area (TPSA) is 64.1 Å². The number of hydrogen-bond acceptors (Lipinski definition) is 5. The van der Waals surface area contributed by atoms with E-state index in [4.69, 9.17) is 4.74 Å². The number of aromatic nitrogens is 2. The molecule has 21 heavy (non-hydrogen) atoms. The molecule has 0 saturated heterocycles. The van der Waals surface area contributed by atoms with Crippen molar-refractivity contribution in [3.8, 4) is 5.75 Å². The lowest BCUT2D eigenvalue weighted by molar-refractivity contribution is 0.0951. The third-order valence-electron chi connectivity index (χ3n) is 3.60. The summed E-state index contributed by atoms with van der Waals surface area (Å²) in [5.41, 5.74) is 2.28. The molecule has 0 fully saturated rings. The maximum Gasteiger partial charge on any atom is 0.227 e. The van der Waals surface area contributed by atoms with E-state index in [0.29, 0.717) is 23.9 Å². The highest BCUT2D eigenvalue weighted by atomic mass is 16.5. The largest absolute Gasteiger partial charge is 0.495 e. The lowest BCUT2D eigenvalue weighted by Gasteiger charge is -2.19. The minimum Gasteiger partial charge on any atom is -0.495 e. The van der Waals surface area contributed by atoms with Crippen LogP contribution in [-0.4, -0.2) is 22.9 Å². The van der Waals surface area contributed by atoms with Crippen LogP contribution in [0.15, 0.2) is 30.5 Å². The van der Waals surface area contributed by atoms with E-state index < -0.39 is 0 Å². The summed E-state index contributed by atoms with van der Waals surface area (Å²) in [7, 11) is 1.62. The number of hydrogen-bond donors (Lipinski definition) is 1. The van der Waals surface area contributed by atoms with Gasteiger partial charge in [-0.15, -0.1) is 0 Å². The first-order valence-corrected chi connectivity index (χ1v) is 6.96. The summed E-state index contributed by atoms with van der Waals surface area (Å²) in [4.78, 5) is 20.7. The number of methoxy groups -OCH3 is 1. The molecule has 0 aliphatic heterocycles. The van der Waals surface area contributed by atoms with Crippen molar-refractivity contribution in [3.63, 3.8) is 0 Å². The zero-order chi connectivity index (χ0) is 14.8. The monoisotopic (exact) mass is 283 g/mol. The van der Waals surface area contributed by atoms with Crippen molar-refractivity contribution in [1.29, 1.82) is 0 Å². The highest BCUT2D eigenvalue weighted by Gasteiger charge is 2.24. The van der Waals surface area contributed by atoms with E-state index in [2.05, 4.69) is 22.2 Å². The number of rotatable bonds is 3. The van der Waals surface area contributed by atoms with Crippen molar-refractivity contribution in [2.24, 2.45) is 5.92 Å². The second kappa shape index (κ2) is 5.52. The molecule has 1 heterocycles. The van der Waals surface area contributed by atoms with E-state index in [-0.39, 0.29) is 5.78 Å². The predicted octanol–water partition coefficient (Wildman–Crippen LogP) is 2.99. The van der Waals surface area contributed by atoms with Gasteiger partial charge in [0.05, 0.1) is 24.1 Å². The maximum absolute atomic E-state index is 11.9. The molecule has 0 bridgehead atoms. The van der Waals surface area contributed by atoms with Crippen molar-refractivity contribution < 1.29 is 9.53 Å². The lowest BCUT2D eigenvalue weighted by Crippen LogP contribution is -2.20. The zero-order valence-corrected chi connectivity index (χ0v) is 12.1. The van der Waals surface area contributed by atoms with E-state index in [1.54, 1.807) is 13.3 Å². The summed E-state index contributed by atoms with van der Waals surface area (Å²) in [6.45, 7) is 2.07. The van der Waals surface area contributed by atoms with Crippen molar-refractivity contribution in [2.75, 3.05) is 12.4 Å². The van der Waals surface area contributed by atoms with Gasteiger partial charge >= 0.3 is 0 Å². The zero-order valence-electron chi connectivity index (χ0n) is 12.1. The molecule has 1 aromatic carbocycles. The van der Waals surface area contributed by atoms with Crippen LogP contribution < -0.4 is 10.1 Å². The van der Waals surface area contributed by atoms with Gasteiger partial charge < -0.3 is 10.1 Å². The van der Waals surface area contributed by atoms with E-state index in [1.165, 1.54) is 0 Å². The van der Waals surface area contributed by atoms with Crippen molar-refractivity contribution in [2.45, 2.75) is 19.8 Å². The Morgan fingerprint density at radius 3 is 2.90 bits per heavy atom. The average Bonchev–Trinajstić information content (AvgIpc) is 2.47. The average molecular weight is 283 g/mol. The number of para-hydroxylation sites is 2. The number of Topliss-reactive ketones (excluding diaryl/α,β-unsaturated/α-hetero) is 1. The fourth-order valence-electron chi connectivity index (χ4n) is 2.56. The van der Waals surface area contributed by atoms with Crippen LogP contribution in [0.25, 0.3) is 0 Å². The molecule has 5 heteroatoms. The highest BCUT2D eigenvalue weighted by molar-refractivity contribution is 5.98. The van der Waals surface area contributed by atoms with Crippen LogP contribution in [-0.2, 0) is 6.42 Å². The Morgan fingerprint density at radius 2 is 2.10 bits per heavy atom. The summed E-state index contributed by atoms with van der Waals surface area (Å²) in [6, 6.07) is 7.58. The second-order valence-electron chi connectivity index (χ2n) is 5.32. The molecule has 1 aromatic heterocycles. The first-order valence-electron chi connectivity index (χ1n) is 6.96. The predicted molar refractivity (Wildman–Crippen MR) is 80.1 cm³/mol. The van der Waals surface area contributed by atoms with Gasteiger partial charge in [0, 0.05) is 12.6 Å². The fraction of sp³-hybridized carbons (Fsp3) is 0.312. The number of benzene rings is 1. The molecule has 0 amide bonds. The van der Waals surface area contributed by atoms with E-state index in [1.807, 2.05) is 24.3 Å². The number of carbonyl (C=O) groups excluding carboxylic acids is 1. The van der Waals surface area contributed by atoms with Gasteiger partial charge in [-0.2, -0.15) is 0 Å². The summed E-state index contributed by atoms with van der Waals surface area (Å²) in [6.07, 6.45) is 3.01. The quantitative estimate of drug-likeness (QED) is 0.938. The summed E-state index contributed by atoms with van der Waals surface area (Å²) in [5, 5.41) is 3.14. The molecule has 1 aliphatic rings. The number of ketones is 1. The summed E-state index contributed by atoms with van der Waals surface area (Å²) < 4.78 is 5.29. The van der Waals surface area contributed by atoms with Crippen molar-refractivity contribution in [1.82, 2.24) is 9.97 Å². The van der Waals surface area contributed by atoms with Gasteiger partial charge in [0.25, 0.3) is 0 Å². The minimum atomic E-state index is 0.132. The van der Waals surface area contributed by atoms with Crippen LogP contribution in [0.2, 0.25) is 0 Å². The molecule has 108 valence electrons. The van der Waals surface area contributed by atoms with Gasteiger partial charge in [0.1, 0.15) is 5.75 Å². The van der Waals surface area contributed by atoms with Crippen molar-refractivity contribution >= 4 is 17.4 Å². The van der Waals surface area contributed by atoms with Gasteiger partial charge in [-0.05, 0) is 24.5 Å². The van der Waals surface area contributed by atoms with Crippen LogP contribution in [0.5, 0.6) is 5.75 Å². The molecule has 0 saturated carbocycles. The lowest BCUT2D eigenvalue weighted by atomic mass is 9.88. The van der Waals surface area contributed by atoms with Crippen LogP contribution in [0.3, 0.4) is 0 Å². The Bertz CT molecular complexity index is 685. The van der Waals surface area contributed by atoms with E-state index in [0.717, 1.165) is 23.6 Å². The fourth-order valence-corrected chi connectivity index (χ4v) is 2.56. The third-order valence-corrected chi connectivity index (χ3v) is 3.60. The van der Waals surface area contributed by atoms with E-state index >= 15 is 0 Å². The molecule has 1 aliphatic carbocycles. The number of fused-ring (bicyclic) bond motifs is 1. The van der Waals surface area contributed by atoms with Crippen molar-refractivity contribution in [3.05, 3.63) is 41.7 Å². The smallest absolute Gasteiger partial charge is 0.227 e. The summed E-state index contributed by atoms with van der Waals surface area (Å²) >= 11 is 0. The van der Waals surface area contributed by atoms with Crippen LogP contribution in [0.4, 0.5) is 11.6 Å². The Balaban J connectivity index is 1.91. The number of carbonyl (C=O) groups is 1. The molecule has 3 rings (SSSR count). The first kappa shape index (κ1) is 13.5. The Labute approximate surface area is 123 Å². The molecule has 0 unspecified atom stereocenters. The van der Waals surface area contributed by atoms with Crippen LogP contribution >= 0.6 is 0 Å². The third kappa shape index (κ3) is 2.72. The van der Waals surface area contributed by atoms with Crippen LogP contribution in [0.1, 0.15) is 29.4 Å². The summed E-state index contributed by atoms with van der Waals surface area (Å²) in [5.74, 6) is 1.68. The SMILES string of the molecule is COc1ccccc1Nc1ncc2c(n1)C[C@@H](C)CC2=O. The Hall–Kier alpha value is -2.43. The van der Waals surface area contributed by atoms with Crippen LogP contribution in [0, 0.1) is 5.92 Å². The molecule has 0 radical (unpaired) electrons. The Kier molecular flexibility index (Phi) is 3.56. The molecule has 2 aromatic rings. The maximum atomic E-state index is 11.9. The number of ether oxygens (including phenoxy) is 1. The second-order valence-corrected chi connectivity index (χ2v) is 5.32. The molecule has 5 nitrogen and oxygen atoms in total. The molecule has 1 N–H and O–H groups in total. The number of anilines is 2. The Morgan fingerprint density at radius 1 is 1.29 bits per heavy atom. The van der Waals surface area contributed by atoms with Gasteiger partial charge in [-0.1, -0.05) is 19.1 Å². The highest BCUT2D eigenvalue weighted by Crippen LogP contribution is 2.28.